The van der Waals surface area contributed by atoms with Gasteiger partial charge in [-0.1, -0.05) is 0 Å². The van der Waals surface area contributed by atoms with E-state index in [0.29, 0.717) is 6.04 Å². The molecule has 0 bridgehead atoms. The van der Waals surface area contributed by atoms with Crippen molar-refractivity contribution in [3.63, 3.8) is 0 Å². The summed E-state index contributed by atoms with van der Waals surface area (Å²) >= 11 is 0. The average molecular weight is 278 g/mol. The first-order chi connectivity index (χ1) is 9.40. The van der Waals surface area contributed by atoms with Crippen LogP contribution in [0.5, 0.6) is 0 Å². The molecule has 1 aromatic heterocycles. The summed E-state index contributed by atoms with van der Waals surface area (Å²) in [7, 11) is 4.05. The molecule has 1 aliphatic rings. The first-order valence-corrected chi connectivity index (χ1v) is 7.39. The summed E-state index contributed by atoms with van der Waals surface area (Å²) in [6.45, 7) is 8.09. The Morgan fingerprint density at radius 3 is 2.40 bits per heavy atom. The average Bonchev–Trinajstić information content (AvgIpc) is 2.65. The van der Waals surface area contributed by atoms with Crippen LogP contribution in [0.2, 0.25) is 0 Å². The van der Waals surface area contributed by atoms with Crippen LogP contribution in [0.4, 0.5) is 0 Å². The molecule has 1 N–H and O–H groups in total. The molecule has 1 aromatic rings. The van der Waals surface area contributed by atoms with Crippen LogP contribution in [-0.4, -0.2) is 46.8 Å². The predicted octanol–water partition coefficient (Wildman–Crippen LogP) is 1.35. The normalized spacial score (nSPS) is 19.1. The smallest absolute Gasteiger partial charge is 0.227 e. The first kappa shape index (κ1) is 15.0. The Bertz CT molecular complexity index is 486. The molecule has 20 heavy (non-hydrogen) atoms. The van der Waals surface area contributed by atoms with Crippen LogP contribution in [0.3, 0.4) is 0 Å². The van der Waals surface area contributed by atoms with E-state index in [9.17, 15) is 4.79 Å². The van der Waals surface area contributed by atoms with Gasteiger partial charge < -0.3 is 10.2 Å². The summed E-state index contributed by atoms with van der Waals surface area (Å²) in [5.41, 5.74) is 3.10. The van der Waals surface area contributed by atoms with Gasteiger partial charge in [0.05, 0.1) is 11.6 Å². The van der Waals surface area contributed by atoms with Gasteiger partial charge in [-0.15, -0.1) is 0 Å². The predicted molar refractivity (Wildman–Crippen MR) is 79.8 cm³/mol. The standard InChI is InChI=1S/C15H26N4O/c1-10(14-11(2)17-19(5)12(14)3)15(20)16-13-6-8-18(4)9-7-13/h10,13H,6-9H2,1-5H3,(H,16,20). The minimum Gasteiger partial charge on any atom is -0.353 e. The quantitative estimate of drug-likeness (QED) is 0.908. The Labute approximate surface area is 121 Å². The highest BCUT2D eigenvalue weighted by atomic mass is 16.1. The Morgan fingerprint density at radius 1 is 1.30 bits per heavy atom. The number of carbonyl (C=O) groups is 1. The molecule has 1 aliphatic heterocycles. The maximum absolute atomic E-state index is 12.4. The zero-order valence-electron chi connectivity index (χ0n) is 13.2. The third kappa shape index (κ3) is 3.03. The van der Waals surface area contributed by atoms with Crippen molar-refractivity contribution in [1.82, 2.24) is 20.0 Å². The SMILES string of the molecule is Cc1nn(C)c(C)c1C(C)C(=O)NC1CCN(C)CC1. The fraction of sp³-hybridized carbons (Fsp3) is 0.733. The van der Waals surface area contributed by atoms with E-state index in [0.717, 1.165) is 42.9 Å². The summed E-state index contributed by atoms with van der Waals surface area (Å²) in [4.78, 5) is 14.8. The first-order valence-electron chi connectivity index (χ1n) is 7.39. The van der Waals surface area contributed by atoms with Crippen molar-refractivity contribution in [2.45, 2.75) is 45.6 Å². The second-order valence-corrected chi connectivity index (χ2v) is 6.02. The number of aromatic nitrogens is 2. The molecule has 112 valence electrons. The number of nitrogens with zero attached hydrogens (tertiary/aromatic N) is 3. The fourth-order valence-electron chi connectivity index (χ4n) is 3.03. The maximum atomic E-state index is 12.4. The van der Waals surface area contributed by atoms with E-state index in [1.165, 1.54) is 0 Å². The van der Waals surface area contributed by atoms with Crippen LogP contribution < -0.4 is 5.32 Å². The maximum Gasteiger partial charge on any atom is 0.227 e. The molecular weight excluding hydrogens is 252 g/mol. The Balaban J connectivity index is 2.02. The number of aryl methyl sites for hydroxylation is 2. The molecule has 0 aliphatic carbocycles. The van der Waals surface area contributed by atoms with Crippen LogP contribution in [0, 0.1) is 13.8 Å². The summed E-state index contributed by atoms with van der Waals surface area (Å²) in [6, 6.07) is 0.318. The van der Waals surface area contributed by atoms with Crippen molar-refractivity contribution in [3.8, 4) is 0 Å². The molecule has 1 amide bonds. The monoisotopic (exact) mass is 278 g/mol. The summed E-state index contributed by atoms with van der Waals surface area (Å²) in [6.07, 6.45) is 2.08. The van der Waals surface area contributed by atoms with Gasteiger partial charge in [0.25, 0.3) is 0 Å². The molecule has 0 saturated carbocycles. The van der Waals surface area contributed by atoms with Gasteiger partial charge in [0.1, 0.15) is 0 Å². The van der Waals surface area contributed by atoms with E-state index >= 15 is 0 Å². The zero-order chi connectivity index (χ0) is 14.9. The van der Waals surface area contributed by atoms with Crippen LogP contribution in [0.25, 0.3) is 0 Å². The van der Waals surface area contributed by atoms with E-state index < -0.39 is 0 Å². The van der Waals surface area contributed by atoms with E-state index in [1.807, 2.05) is 32.5 Å². The molecule has 2 rings (SSSR count). The second kappa shape index (κ2) is 5.95. The summed E-state index contributed by atoms with van der Waals surface area (Å²) < 4.78 is 1.85. The summed E-state index contributed by atoms with van der Waals surface area (Å²) in [5.74, 6) is -0.0119. The van der Waals surface area contributed by atoms with Crippen molar-refractivity contribution >= 4 is 5.91 Å². The highest BCUT2D eigenvalue weighted by molar-refractivity contribution is 5.84. The molecule has 5 heteroatoms. The lowest BCUT2D eigenvalue weighted by Crippen LogP contribution is -2.44. The van der Waals surface area contributed by atoms with Gasteiger partial charge in [-0.05, 0) is 53.8 Å². The fourth-order valence-corrected chi connectivity index (χ4v) is 3.03. The number of nitrogens with one attached hydrogen (secondary N) is 1. The van der Waals surface area contributed by atoms with E-state index in [1.54, 1.807) is 0 Å². The number of piperidine rings is 1. The number of hydrogen-bond donors (Lipinski definition) is 1. The molecule has 0 aromatic carbocycles. The van der Waals surface area contributed by atoms with Gasteiger partial charge >= 0.3 is 0 Å². The topological polar surface area (TPSA) is 50.2 Å². The zero-order valence-corrected chi connectivity index (χ0v) is 13.2. The highest BCUT2D eigenvalue weighted by Gasteiger charge is 2.25. The molecule has 0 spiro atoms. The third-order valence-corrected chi connectivity index (χ3v) is 4.46. The molecule has 0 radical (unpaired) electrons. The number of carbonyl (C=O) groups excluding carboxylic acids is 1. The van der Waals surface area contributed by atoms with Crippen LogP contribution in [0.1, 0.15) is 42.6 Å². The molecule has 2 heterocycles. The minimum absolute atomic E-state index is 0.124. The van der Waals surface area contributed by atoms with Gasteiger partial charge in [0.15, 0.2) is 0 Å². The van der Waals surface area contributed by atoms with E-state index in [2.05, 4.69) is 22.4 Å². The number of amides is 1. The lowest BCUT2D eigenvalue weighted by molar-refractivity contribution is -0.123. The second-order valence-electron chi connectivity index (χ2n) is 6.02. The molecule has 1 atom stereocenters. The lowest BCUT2D eigenvalue weighted by Gasteiger charge is -2.30. The highest BCUT2D eigenvalue weighted by Crippen LogP contribution is 2.23. The minimum atomic E-state index is -0.136. The van der Waals surface area contributed by atoms with Gasteiger partial charge in [-0.3, -0.25) is 9.48 Å². The van der Waals surface area contributed by atoms with Gasteiger partial charge in [0, 0.05) is 24.3 Å². The van der Waals surface area contributed by atoms with Gasteiger partial charge in [-0.2, -0.15) is 5.10 Å². The third-order valence-electron chi connectivity index (χ3n) is 4.46. The lowest BCUT2D eigenvalue weighted by atomic mass is 9.97. The Morgan fingerprint density at radius 2 is 1.90 bits per heavy atom. The molecular formula is C15H26N4O. The van der Waals surface area contributed by atoms with Crippen molar-refractivity contribution in [2.24, 2.45) is 7.05 Å². The number of rotatable bonds is 3. The van der Waals surface area contributed by atoms with Crippen LogP contribution in [-0.2, 0) is 11.8 Å². The van der Waals surface area contributed by atoms with E-state index in [4.69, 9.17) is 0 Å². The number of hydrogen-bond acceptors (Lipinski definition) is 3. The van der Waals surface area contributed by atoms with Crippen molar-refractivity contribution in [2.75, 3.05) is 20.1 Å². The van der Waals surface area contributed by atoms with Crippen molar-refractivity contribution in [3.05, 3.63) is 17.0 Å². The molecule has 1 unspecified atom stereocenters. The van der Waals surface area contributed by atoms with Crippen molar-refractivity contribution < 1.29 is 4.79 Å². The van der Waals surface area contributed by atoms with Crippen molar-refractivity contribution in [1.29, 1.82) is 0 Å². The van der Waals surface area contributed by atoms with E-state index in [-0.39, 0.29) is 11.8 Å². The van der Waals surface area contributed by atoms with Crippen LogP contribution >= 0.6 is 0 Å². The molecule has 1 saturated heterocycles. The Hall–Kier alpha value is -1.36. The molecule has 1 fully saturated rings. The summed E-state index contributed by atoms with van der Waals surface area (Å²) in [5, 5.41) is 7.60. The Kier molecular flexibility index (Phi) is 4.48. The van der Waals surface area contributed by atoms with Gasteiger partial charge in [0.2, 0.25) is 5.91 Å². The molecule has 5 nitrogen and oxygen atoms in total. The number of likely N-dealkylation sites (tertiary alicyclic amines) is 1. The van der Waals surface area contributed by atoms with Gasteiger partial charge in [-0.25, -0.2) is 0 Å². The largest absolute Gasteiger partial charge is 0.353 e. The van der Waals surface area contributed by atoms with Crippen LogP contribution in [0.15, 0.2) is 0 Å².